The number of amides is 2. The summed E-state index contributed by atoms with van der Waals surface area (Å²) in [6.07, 6.45) is 9.02. The van der Waals surface area contributed by atoms with Crippen molar-refractivity contribution in [3.05, 3.63) is 30.1 Å². The third kappa shape index (κ3) is 5.27. The van der Waals surface area contributed by atoms with Crippen molar-refractivity contribution in [3.63, 3.8) is 0 Å². The van der Waals surface area contributed by atoms with Crippen molar-refractivity contribution < 1.29 is 9.59 Å². The van der Waals surface area contributed by atoms with Gasteiger partial charge < -0.3 is 5.32 Å². The van der Waals surface area contributed by atoms with Crippen molar-refractivity contribution in [3.8, 4) is 0 Å². The molecule has 2 amide bonds. The maximum atomic E-state index is 11.9. The van der Waals surface area contributed by atoms with Gasteiger partial charge in [-0.1, -0.05) is 19.3 Å². The van der Waals surface area contributed by atoms with Crippen molar-refractivity contribution >= 4 is 17.5 Å². The Labute approximate surface area is 130 Å². The minimum Gasteiger partial charge on any atom is -0.353 e. The van der Waals surface area contributed by atoms with E-state index in [2.05, 4.69) is 20.8 Å². The summed E-state index contributed by atoms with van der Waals surface area (Å²) in [5.41, 5.74) is 3.51. The van der Waals surface area contributed by atoms with Gasteiger partial charge in [0.15, 0.2) is 0 Å². The molecule has 1 fully saturated rings. The highest BCUT2D eigenvalue weighted by atomic mass is 16.2. The number of carbonyl (C=O) groups is 2. The normalized spacial score (nSPS) is 16.1. The van der Waals surface area contributed by atoms with Crippen molar-refractivity contribution in [1.29, 1.82) is 0 Å². The lowest BCUT2D eigenvalue weighted by Gasteiger charge is -2.22. The van der Waals surface area contributed by atoms with Crippen LogP contribution in [0.5, 0.6) is 0 Å². The Morgan fingerprint density at radius 1 is 1.23 bits per heavy atom. The molecule has 1 aliphatic rings. The van der Waals surface area contributed by atoms with E-state index in [0.717, 1.165) is 12.8 Å². The topological polar surface area (TPSA) is 83.5 Å². The number of nitrogens with one attached hydrogen (secondary N) is 2. The van der Waals surface area contributed by atoms with Crippen LogP contribution < -0.4 is 10.7 Å². The molecule has 0 atom stereocenters. The van der Waals surface area contributed by atoms with Crippen LogP contribution in [0.3, 0.4) is 0 Å². The highest BCUT2D eigenvalue weighted by molar-refractivity contribution is 6.01. The molecule has 0 aliphatic heterocycles. The molecule has 22 heavy (non-hydrogen) atoms. The summed E-state index contributed by atoms with van der Waals surface area (Å²) in [5, 5.41) is 7.00. The van der Waals surface area contributed by atoms with Gasteiger partial charge >= 0.3 is 0 Å². The minimum absolute atomic E-state index is 0.0358. The van der Waals surface area contributed by atoms with Crippen LogP contribution in [-0.2, 0) is 4.79 Å². The highest BCUT2D eigenvalue weighted by Gasteiger charge is 2.16. The number of aromatic nitrogens is 1. The molecule has 6 nitrogen and oxygen atoms in total. The first-order valence-electron chi connectivity index (χ1n) is 7.68. The highest BCUT2D eigenvalue weighted by Crippen LogP contribution is 2.17. The van der Waals surface area contributed by atoms with Crippen LogP contribution in [0.4, 0.5) is 0 Å². The fourth-order valence-electron chi connectivity index (χ4n) is 2.51. The monoisotopic (exact) mass is 302 g/mol. The van der Waals surface area contributed by atoms with E-state index in [9.17, 15) is 9.59 Å². The summed E-state index contributed by atoms with van der Waals surface area (Å²) < 4.78 is 0. The Bertz CT molecular complexity index is 536. The number of nitrogens with zero attached hydrogens (tertiary/aromatic N) is 2. The molecule has 1 heterocycles. The summed E-state index contributed by atoms with van der Waals surface area (Å²) in [6.45, 7) is 1.73. The summed E-state index contributed by atoms with van der Waals surface area (Å²) in [4.78, 5) is 27.6. The Morgan fingerprint density at radius 3 is 2.59 bits per heavy atom. The average molecular weight is 302 g/mol. The molecule has 1 aromatic heterocycles. The maximum absolute atomic E-state index is 11.9. The van der Waals surface area contributed by atoms with E-state index in [0.29, 0.717) is 17.3 Å². The molecular formula is C16H22N4O2. The molecule has 2 rings (SSSR count). The zero-order valence-corrected chi connectivity index (χ0v) is 12.8. The van der Waals surface area contributed by atoms with Gasteiger partial charge in [0.25, 0.3) is 5.91 Å². The van der Waals surface area contributed by atoms with Gasteiger partial charge in [-0.2, -0.15) is 5.10 Å². The van der Waals surface area contributed by atoms with Gasteiger partial charge in [0.1, 0.15) is 0 Å². The zero-order chi connectivity index (χ0) is 15.8. The lowest BCUT2D eigenvalue weighted by atomic mass is 9.95. The standard InChI is InChI=1S/C16H22N4O2/c1-12(11-15(21)18-14-5-3-2-4-6-14)19-20-16(22)13-7-9-17-10-8-13/h7-10,14H,2-6,11H2,1H3,(H,18,21)(H,20,22). The second-order valence-corrected chi connectivity index (χ2v) is 5.60. The second kappa shape index (κ2) is 8.26. The van der Waals surface area contributed by atoms with Crippen LogP contribution >= 0.6 is 0 Å². The Morgan fingerprint density at radius 2 is 1.91 bits per heavy atom. The molecule has 2 N–H and O–H groups in total. The molecule has 0 radical (unpaired) electrons. The largest absolute Gasteiger partial charge is 0.353 e. The van der Waals surface area contributed by atoms with Crippen LogP contribution in [0.2, 0.25) is 0 Å². The molecule has 6 heteroatoms. The fourth-order valence-corrected chi connectivity index (χ4v) is 2.51. The summed E-state index contributed by atoms with van der Waals surface area (Å²) >= 11 is 0. The van der Waals surface area contributed by atoms with E-state index in [4.69, 9.17) is 0 Å². The number of carbonyl (C=O) groups excluding carboxylic acids is 2. The minimum atomic E-state index is -0.311. The lowest BCUT2D eigenvalue weighted by molar-refractivity contribution is -0.120. The molecule has 1 aromatic rings. The van der Waals surface area contributed by atoms with Gasteiger partial charge in [0.05, 0.1) is 6.42 Å². The van der Waals surface area contributed by atoms with E-state index in [-0.39, 0.29) is 18.2 Å². The van der Waals surface area contributed by atoms with E-state index in [1.807, 2.05) is 0 Å². The van der Waals surface area contributed by atoms with Crippen LogP contribution in [0.15, 0.2) is 29.6 Å². The molecule has 0 aromatic carbocycles. The van der Waals surface area contributed by atoms with Crippen molar-refractivity contribution in [2.75, 3.05) is 0 Å². The number of rotatable bonds is 5. The van der Waals surface area contributed by atoms with E-state index in [1.165, 1.54) is 19.3 Å². The Hall–Kier alpha value is -2.24. The molecule has 118 valence electrons. The first kappa shape index (κ1) is 16.1. The van der Waals surface area contributed by atoms with Crippen molar-refractivity contribution in [2.45, 2.75) is 51.5 Å². The number of pyridine rings is 1. The summed E-state index contributed by atoms with van der Waals surface area (Å²) in [6, 6.07) is 3.51. The predicted molar refractivity (Wildman–Crippen MR) is 84.4 cm³/mol. The molecule has 1 aliphatic carbocycles. The van der Waals surface area contributed by atoms with E-state index < -0.39 is 0 Å². The SMILES string of the molecule is CC(CC(=O)NC1CCCCC1)=NNC(=O)c1ccncc1. The Balaban J connectivity index is 1.77. The zero-order valence-electron chi connectivity index (χ0n) is 12.8. The third-order valence-electron chi connectivity index (χ3n) is 3.68. The van der Waals surface area contributed by atoms with Crippen LogP contribution in [-0.4, -0.2) is 28.6 Å². The predicted octanol–water partition coefficient (Wildman–Crippen LogP) is 2.03. The van der Waals surface area contributed by atoms with Gasteiger partial charge in [0, 0.05) is 29.7 Å². The number of hydrogen-bond acceptors (Lipinski definition) is 4. The second-order valence-electron chi connectivity index (χ2n) is 5.60. The van der Waals surface area contributed by atoms with Gasteiger partial charge in [-0.15, -0.1) is 0 Å². The molecule has 0 saturated heterocycles. The van der Waals surface area contributed by atoms with E-state index >= 15 is 0 Å². The van der Waals surface area contributed by atoms with Crippen molar-refractivity contribution in [1.82, 2.24) is 15.7 Å². The molecule has 0 spiro atoms. The van der Waals surface area contributed by atoms with Crippen molar-refractivity contribution in [2.24, 2.45) is 5.10 Å². The molecule has 0 bridgehead atoms. The van der Waals surface area contributed by atoms with Crippen LogP contribution in [0.25, 0.3) is 0 Å². The van der Waals surface area contributed by atoms with Gasteiger partial charge in [-0.05, 0) is 31.9 Å². The van der Waals surface area contributed by atoms with E-state index in [1.54, 1.807) is 31.5 Å². The summed E-state index contributed by atoms with van der Waals surface area (Å²) in [7, 11) is 0. The molecule has 0 unspecified atom stereocenters. The first-order valence-corrected chi connectivity index (χ1v) is 7.68. The smallest absolute Gasteiger partial charge is 0.271 e. The fraction of sp³-hybridized carbons (Fsp3) is 0.500. The average Bonchev–Trinajstić information content (AvgIpc) is 2.54. The maximum Gasteiger partial charge on any atom is 0.271 e. The van der Waals surface area contributed by atoms with Crippen LogP contribution in [0.1, 0.15) is 55.8 Å². The molecular weight excluding hydrogens is 280 g/mol. The van der Waals surface area contributed by atoms with Gasteiger partial charge in [-0.25, -0.2) is 5.43 Å². The van der Waals surface area contributed by atoms with Gasteiger partial charge in [0.2, 0.25) is 5.91 Å². The quantitative estimate of drug-likeness (QED) is 0.645. The summed E-state index contributed by atoms with van der Waals surface area (Å²) in [5.74, 6) is -0.347. The van der Waals surface area contributed by atoms with Gasteiger partial charge in [-0.3, -0.25) is 14.6 Å². The first-order chi connectivity index (χ1) is 10.6. The number of hydrogen-bond donors (Lipinski definition) is 2. The third-order valence-corrected chi connectivity index (χ3v) is 3.68. The molecule has 1 saturated carbocycles. The Kier molecular flexibility index (Phi) is 6.06. The number of hydrazone groups is 1. The lowest BCUT2D eigenvalue weighted by Crippen LogP contribution is -2.37. The van der Waals surface area contributed by atoms with Crippen LogP contribution in [0, 0.1) is 0 Å².